The smallest absolute Gasteiger partial charge is 0.406 e. The lowest BCUT2D eigenvalue weighted by Crippen LogP contribution is -2.40. The highest BCUT2D eigenvalue weighted by molar-refractivity contribution is 6.30. The van der Waals surface area contributed by atoms with E-state index in [1.165, 1.54) is 29.8 Å². The Morgan fingerprint density at radius 3 is 2.62 bits per heavy atom. The van der Waals surface area contributed by atoms with Crippen LogP contribution in [-0.4, -0.2) is 44.6 Å². The fourth-order valence-corrected chi connectivity index (χ4v) is 4.90. The van der Waals surface area contributed by atoms with Gasteiger partial charge in [-0.3, -0.25) is 18.5 Å². The number of aromatic nitrogens is 4. The molecule has 2 aromatic heterocycles. The number of rotatable bonds is 10. The van der Waals surface area contributed by atoms with Gasteiger partial charge in [0.25, 0.3) is 5.56 Å². The molecule has 1 unspecified atom stereocenters. The van der Waals surface area contributed by atoms with E-state index >= 15 is 0 Å². The van der Waals surface area contributed by atoms with Crippen LogP contribution in [0, 0.1) is 0 Å². The van der Waals surface area contributed by atoms with Gasteiger partial charge in [0.1, 0.15) is 5.75 Å². The van der Waals surface area contributed by atoms with Crippen LogP contribution in [0.4, 0.5) is 24.8 Å². The van der Waals surface area contributed by atoms with E-state index in [2.05, 4.69) is 15.0 Å². The van der Waals surface area contributed by atoms with Crippen molar-refractivity contribution in [1.82, 2.24) is 18.7 Å². The number of nitrogens with zero attached hydrogens (tertiary/aromatic N) is 4. The Bertz CT molecular complexity index is 1660. The van der Waals surface area contributed by atoms with Gasteiger partial charge in [0, 0.05) is 37.0 Å². The second-order valence-corrected chi connectivity index (χ2v) is 10.3. The Kier molecular flexibility index (Phi) is 8.90. The SMILES string of the molecule is Cn1c(=O)n(CCCOC2CCCCO2)c(=O)c2c1nc(Nc1cccc(OC(F)(F)F)c1)n2Cc1ccc(Cl)cc1. The fourth-order valence-electron chi connectivity index (χ4n) is 4.77. The van der Waals surface area contributed by atoms with Crippen molar-refractivity contribution in [1.29, 1.82) is 0 Å². The molecule has 5 rings (SSSR count). The molecular weight excluding hydrogens is 579 g/mol. The van der Waals surface area contributed by atoms with Gasteiger partial charge in [0.15, 0.2) is 17.5 Å². The van der Waals surface area contributed by atoms with Gasteiger partial charge in [-0.15, -0.1) is 13.2 Å². The number of ether oxygens (including phenoxy) is 3. The van der Waals surface area contributed by atoms with Crippen molar-refractivity contribution in [2.45, 2.75) is 51.4 Å². The van der Waals surface area contributed by atoms with Crippen molar-refractivity contribution in [3.05, 3.63) is 80.0 Å². The molecule has 1 aliphatic heterocycles. The Hall–Kier alpha value is -3.81. The van der Waals surface area contributed by atoms with Gasteiger partial charge in [-0.2, -0.15) is 4.98 Å². The van der Waals surface area contributed by atoms with Gasteiger partial charge in [0.2, 0.25) is 5.95 Å². The van der Waals surface area contributed by atoms with Crippen molar-refractivity contribution >= 4 is 34.4 Å². The second-order valence-electron chi connectivity index (χ2n) is 9.84. The Labute approximate surface area is 243 Å². The molecule has 1 saturated heterocycles. The summed E-state index contributed by atoms with van der Waals surface area (Å²) in [6.45, 7) is 1.23. The molecule has 1 aliphatic rings. The number of imidazole rings is 1. The van der Waals surface area contributed by atoms with Crippen LogP contribution >= 0.6 is 11.6 Å². The second kappa shape index (κ2) is 12.6. The van der Waals surface area contributed by atoms with Crippen molar-refractivity contribution in [2.24, 2.45) is 7.05 Å². The molecule has 1 N–H and O–H groups in total. The van der Waals surface area contributed by atoms with Crippen molar-refractivity contribution in [3.8, 4) is 5.75 Å². The number of benzene rings is 2. The van der Waals surface area contributed by atoms with Crippen LogP contribution in [0.3, 0.4) is 0 Å². The zero-order valence-electron chi connectivity index (χ0n) is 22.7. The maximum atomic E-state index is 13.8. The summed E-state index contributed by atoms with van der Waals surface area (Å²) < 4.78 is 57.7. The maximum absolute atomic E-state index is 13.8. The number of fused-ring (bicyclic) bond motifs is 1. The minimum absolute atomic E-state index is 0.111. The first-order valence-corrected chi connectivity index (χ1v) is 13.8. The van der Waals surface area contributed by atoms with Gasteiger partial charge >= 0.3 is 12.1 Å². The summed E-state index contributed by atoms with van der Waals surface area (Å²) in [4.78, 5) is 31.5. The van der Waals surface area contributed by atoms with Crippen molar-refractivity contribution < 1.29 is 27.4 Å². The number of hydrogen-bond donors (Lipinski definition) is 1. The predicted molar refractivity (Wildman–Crippen MR) is 150 cm³/mol. The maximum Gasteiger partial charge on any atom is 0.573 e. The van der Waals surface area contributed by atoms with Gasteiger partial charge in [0.05, 0.1) is 13.2 Å². The van der Waals surface area contributed by atoms with Crippen LogP contribution in [0.25, 0.3) is 11.2 Å². The van der Waals surface area contributed by atoms with Gasteiger partial charge in [-0.05, 0) is 55.5 Å². The van der Waals surface area contributed by atoms with Crippen LogP contribution < -0.4 is 21.3 Å². The van der Waals surface area contributed by atoms with E-state index in [9.17, 15) is 22.8 Å². The van der Waals surface area contributed by atoms with Crippen LogP contribution in [0.15, 0.2) is 58.1 Å². The molecule has 0 bridgehead atoms. The summed E-state index contributed by atoms with van der Waals surface area (Å²) >= 11 is 6.05. The molecule has 1 atom stereocenters. The van der Waals surface area contributed by atoms with E-state index in [0.717, 1.165) is 35.5 Å². The Morgan fingerprint density at radius 2 is 1.90 bits per heavy atom. The molecule has 10 nitrogen and oxygen atoms in total. The number of nitrogens with one attached hydrogen (secondary N) is 1. The summed E-state index contributed by atoms with van der Waals surface area (Å²) in [5.41, 5.74) is 0.171. The molecule has 0 radical (unpaired) electrons. The molecule has 3 heterocycles. The van der Waals surface area contributed by atoms with Gasteiger partial charge < -0.3 is 19.5 Å². The first-order chi connectivity index (χ1) is 20.1. The molecule has 4 aromatic rings. The normalized spacial score (nSPS) is 15.7. The van der Waals surface area contributed by atoms with E-state index in [1.807, 2.05) is 0 Å². The number of anilines is 2. The highest BCUT2D eigenvalue weighted by Crippen LogP contribution is 2.28. The molecule has 2 aromatic carbocycles. The van der Waals surface area contributed by atoms with Crippen molar-refractivity contribution in [2.75, 3.05) is 18.5 Å². The van der Waals surface area contributed by atoms with E-state index in [-0.39, 0.29) is 42.2 Å². The van der Waals surface area contributed by atoms with Crippen LogP contribution in [-0.2, 0) is 29.6 Å². The Balaban J connectivity index is 1.50. The van der Waals surface area contributed by atoms with Crippen LogP contribution in [0.1, 0.15) is 31.2 Å². The Morgan fingerprint density at radius 1 is 1.12 bits per heavy atom. The number of alkyl halides is 3. The van der Waals surface area contributed by atoms with Crippen LogP contribution in [0.2, 0.25) is 5.02 Å². The molecule has 1 fully saturated rings. The van der Waals surface area contributed by atoms with Crippen LogP contribution in [0.5, 0.6) is 5.75 Å². The average molecular weight is 608 g/mol. The number of hydrogen-bond acceptors (Lipinski definition) is 7. The molecule has 224 valence electrons. The summed E-state index contributed by atoms with van der Waals surface area (Å²) in [5, 5.41) is 3.51. The monoisotopic (exact) mass is 607 g/mol. The number of halogens is 4. The molecular formula is C28H29ClF3N5O5. The highest BCUT2D eigenvalue weighted by Gasteiger charge is 2.31. The third kappa shape index (κ3) is 6.97. The summed E-state index contributed by atoms with van der Waals surface area (Å²) in [6, 6.07) is 12.2. The lowest BCUT2D eigenvalue weighted by atomic mass is 10.2. The molecule has 42 heavy (non-hydrogen) atoms. The summed E-state index contributed by atoms with van der Waals surface area (Å²) in [7, 11) is 1.51. The van der Waals surface area contributed by atoms with E-state index < -0.39 is 23.4 Å². The average Bonchev–Trinajstić information content (AvgIpc) is 3.30. The molecule has 0 amide bonds. The quantitative estimate of drug-likeness (QED) is 0.248. The topological polar surface area (TPSA) is 102 Å². The lowest BCUT2D eigenvalue weighted by molar-refractivity contribution is -0.274. The predicted octanol–water partition coefficient (Wildman–Crippen LogP) is 5.17. The largest absolute Gasteiger partial charge is 0.573 e. The molecule has 0 aliphatic carbocycles. The molecule has 0 spiro atoms. The first kappa shape index (κ1) is 29.7. The van der Waals surface area contributed by atoms with Gasteiger partial charge in [-0.1, -0.05) is 29.8 Å². The minimum Gasteiger partial charge on any atom is -0.406 e. The number of aryl methyl sites for hydroxylation is 1. The van der Waals surface area contributed by atoms with Crippen molar-refractivity contribution in [3.63, 3.8) is 0 Å². The third-order valence-electron chi connectivity index (χ3n) is 6.78. The molecule has 14 heteroatoms. The van der Waals surface area contributed by atoms with E-state index in [4.69, 9.17) is 21.1 Å². The zero-order valence-corrected chi connectivity index (χ0v) is 23.5. The highest BCUT2D eigenvalue weighted by atomic mass is 35.5. The summed E-state index contributed by atoms with van der Waals surface area (Å²) in [6.07, 6.45) is -1.91. The van der Waals surface area contributed by atoms with E-state index in [1.54, 1.807) is 28.8 Å². The van der Waals surface area contributed by atoms with Gasteiger partial charge in [-0.25, -0.2) is 4.79 Å². The summed E-state index contributed by atoms with van der Waals surface area (Å²) in [5.74, 6) is -0.282. The fraction of sp³-hybridized carbons (Fsp3) is 0.393. The van der Waals surface area contributed by atoms with E-state index in [0.29, 0.717) is 24.7 Å². The minimum atomic E-state index is -4.86. The first-order valence-electron chi connectivity index (χ1n) is 13.4. The third-order valence-corrected chi connectivity index (χ3v) is 7.03. The lowest BCUT2D eigenvalue weighted by Gasteiger charge is -2.22. The molecule has 0 saturated carbocycles. The standard InChI is InChI=1S/C28H29ClF3N5O5/c1-35-24-23(25(38)36(27(35)39)13-5-15-41-22-8-2-3-14-40-22)37(17-18-9-11-19(29)12-10-18)26(34-24)33-20-6-4-7-21(16-20)42-28(30,31)32/h4,6-7,9-12,16,22H,2-3,5,8,13-15,17H2,1H3,(H,33,34). The zero-order chi connectivity index (χ0) is 29.9.